The van der Waals surface area contributed by atoms with E-state index in [0.29, 0.717) is 4.88 Å². The third-order valence-corrected chi connectivity index (χ3v) is 5.99. The van der Waals surface area contributed by atoms with Gasteiger partial charge in [-0.2, -0.15) is 0 Å². The average Bonchev–Trinajstić information content (AvgIpc) is 3.39. The number of likely N-dealkylation sites (tertiary alicyclic amines) is 1. The summed E-state index contributed by atoms with van der Waals surface area (Å²) in [5.74, 6) is -0.277. The summed E-state index contributed by atoms with van der Waals surface area (Å²) in [5, 5.41) is 10.5. The highest BCUT2D eigenvalue weighted by molar-refractivity contribution is 7.10. The standard InChI is InChI=1S/C20H21N3O3S/c1-2-13-6-5-7-15-14(11-21-18(13)15)10-16-19(25)23(20(26)27-16)12-17(24)22-8-3-4-9-22/h5-7,10-11,25H,2-4,8-9,12H2,1H3. The molecule has 0 saturated carbocycles. The molecule has 1 N–H and O–H groups in total. The smallest absolute Gasteiger partial charge is 0.311 e. The number of benzene rings is 1. The van der Waals surface area contributed by atoms with E-state index < -0.39 is 0 Å². The highest BCUT2D eigenvalue weighted by atomic mass is 32.1. The van der Waals surface area contributed by atoms with E-state index in [1.807, 2.05) is 12.1 Å². The van der Waals surface area contributed by atoms with Crippen LogP contribution in [0.25, 0.3) is 11.6 Å². The number of aryl methyl sites for hydroxylation is 1. The molecule has 6 nitrogen and oxygen atoms in total. The third-order valence-electron chi connectivity index (χ3n) is 5.08. The van der Waals surface area contributed by atoms with Gasteiger partial charge in [0.05, 0.1) is 10.6 Å². The molecular weight excluding hydrogens is 362 g/mol. The maximum atomic E-state index is 12.3. The lowest BCUT2D eigenvalue weighted by molar-refractivity contribution is -0.130. The van der Waals surface area contributed by atoms with Crippen molar-refractivity contribution in [1.29, 1.82) is 0 Å². The average molecular weight is 383 g/mol. The van der Waals surface area contributed by atoms with Crippen LogP contribution in [0, 0.1) is 0 Å². The van der Waals surface area contributed by atoms with Crippen LogP contribution in [0.5, 0.6) is 5.88 Å². The number of fused-ring (bicyclic) bond motifs is 1. The maximum Gasteiger partial charge on any atom is 0.311 e. The topological polar surface area (TPSA) is 74.9 Å². The Balaban J connectivity index is 1.64. The normalized spacial score (nSPS) is 17.1. The van der Waals surface area contributed by atoms with Crippen molar-refractivity contribution in [3.05, 3.63) is 43.9 Å². The summed E-state index contributed by atoms with van der Waals surface area (Å²) in [5.41, 5.74) is 3.96. The van der Waals surface area contributed by atoms with Gasteiger partial charge in [-0.25, -0.2) is 0 Å². The Hall–Kier alpha value is -2.67. The Bertz CT molecular complexity index is 1010. The number of hydrogen-bond acceptors (Lipinski definition) is 5. The molecule has 1 aromatic carbocycles. The lowest BCUT2D eigenvalue weighted by Crippen LogP contribution is -2.33. The summed E-state index contributed by atoms with van der Waals surface area (Å²) in [6.07, 6.45) is 6.40. The number of hydrogen-bond donors (Lipinski definition) is 1. The first-order valence-corrected chi connectivity index (χ1v) is 9.98. The number of aromatic nitrogens is 1. The Labute approximate surface area is 161 Å². The predicted molar refractivity (Wildman–Crippen MR) is 108 cm³/mol. The Morgan fingerprint density at radius 2 is 2.11 bits per heavy atom. The number of aliphatic imine (C=N–C) groups is 1. The molecule has 1 aromatic heterocycles. The zero-order valence-corrected chi connectivity index (χ0v) is 16.0. The molecule has 140 valence electrons. The monoisotopic (exact) mass is 383 g/mol. The molecule has 1 saturated heterocycles. The van der Waals surface area contributed by atoms with Gasteiger partial charge in [0.15, 0.2) is 0 Å². The van der Waals surface area contributed by atoms with Crippen LogP contribution in [0.1, 0.15) is 35.8 Å². The molecule has 7 heteroatoms. The van der Waals surface area contributed by atoms with Gasteiger partial charge in [-0.15, -0.1) is 0 Å². The quantitative estimate of drug-likeness (QED) is 0.882. The summed E-state index contributed by atoms with van der Waals surface area (Å²) in [6, 6.07) is 6.03. The molecule has 0 bridgehead atoms. The first-order valence-electron chi connectivity index (χ1n) is 9.17. The second-order valence-electron chi connectivity index (χ2n) is 6.75. The second-order valence-corrected chi connectivity index (χ2v) is 7.75. The third kappa shape index (κ3) is 3.23. The fourth-order valence-corrected chi connectivity index (χ4v) is 4.41. The number of aromatic hydroxyl groups is 1. The van der Waals surface area contributed by atoms with Gasteiger partial charge in [0.25, 0.3) is 0 Å². The van der Waals surface area contributed by atoms with Gasteiger partial charge < -0.3 is 10.0 Å². The highest BCUT2D eigenvalue weighted by Gasteiger charge is 2.22. The molecule has 3 heterocycles. The number of allylic oxidation sites excluding steroid dienone is 1. The van der Waals surface area contributed by atoms with Crippen LogP contribution >= 0.6 is 11.3 Å². The van der Waals surface area contributed by atoms with Crippen molar-refractivity contribution in [2.24, 2.45) is 4.99 Å². The fourth-order valence-electron chi connectivity index (χ4n) is 3.57. The van der Waals surface area contributed by atoms with E-state index in [0.717, 1.165) is 65.1 Å². The molecule has 0 radical (unpaired) electrons. The van der Waals surface area contributed by atoms with Gasteiger partial charge in [0.2, 0.25) is 11.8 Å². The van der Waals surface area contributed by atoms with E-state index in [-0.39, 0.29) is 23.2 Å². The SMILES string of the molecule is CCc1cccc2c1N=CC2=Cc1sc(=O)n(CC(=O)N2CCCC2)c1O. The minimum Gasteiger partial charge on any atom is -0.493 e. The Morgan fingerprint density at radius 1 is 1.33 bits per heavy atom. The van der Waals surface area contributed by atoms with Crippen molar-refractivity contribution in [3.8, 4) is 5.88 Å². The van der Waals surface area contributed by atoms with Crippen LogP contribution in [-0.2, 0) is 17.8 Å². The first-order chi connectivity index (χ1) is 13.1. The summed E-state index contributed by atoms with van der Waals surface area (Å²) in [4.78, 5) is 31.0. The minimum atomic E-state index is -0.329. The van der Waals surface area contributed by atoms with E-state index in [1.165, 1.54) is 5.56 Å². The van der Waals surface area contributed by atoms with E-state index in [9.17, 15) is 14.7 Å². The number of carbonyl (C=O) groups excluding carboxylic acids is 1. The van der Waals surface area contributed by atoms with Crippen molar-refractivity contribution in [1.82, 2.24) is 9.47 Å². The summed E-state index contributed by atoms with van der Waals surface area (Å²) < 4.78 is 1.16. The van der Waals surface area contributed by atoms with Crippen LogP contribution in [-0.4, -0.2) is 39.8 Å². The van der Waals surface area contributed by atoms with Crippen molar-refractivity contribution in [3.63, 3.8) is 0 Å². The lowest BCUT2D eigenvalue weighted by Gasteiger charge is -2.15. The summed E-state index contributed by atoms with van der Waals surface area (Å²) >= 11 is 0.946. The van der Waals surface area contributed by atoms with Crippen LogP contribution in [0.4, 0.5) is 5.69 Å². The molecule has 4 rings (SSSR count). The van der Waals surface area contributed by atoms with Gasteiger partial charge in [-0.1, -0.05) is 36.5 Å². The van der Waals surface area contributed by atoms with Crippen molar-refractivity contribution in [2.45, 2.75) is 32.7 Å². The molecule has 2 aromatic rings. The number of amides is 1. The molecule has 27 heavy (non-hydrogen) atoms. The fraction of sp³-hybridized carbons (Fsp3) is 0.350. The van der Waals surface area contributed by atoms with Crippen molar-refractivity contribution < 1.29 is 9.90 Å². The number of rotatable bonds is 4. The second kappa shape index (κ2) is 7.15. The maximum absolute atomic E-state index is 12.3. The molecule has 0 spiro atoms. The first kappa shape index (κ1) is 17.7. The van der Waals surface area contributed by atoms with E-state index in [1.54, 1.807) is 17.2 Å². The van der Waals surface area contributed by atoms with Gasteiger partial charge in [0, 0.05) is 30.4 Å². The molecule has 0 unspecified atom stereocenters. The molecule has 2 aliphatic heterocycles. The number of carbonyl (C=O) groups is 1. The van der Waals surface area contributed by atoms with E-state index in [4.69, 9.17) is 0 Å². The molecule has 1 fully saturated rings. The van der Waals surface area contributed by atoms with Crippen LogP contribution in [0.2, 0.25) is 0 Å². The van der Waals surface area contributed by atoms with Crippen molar-refractivity contribution >= 4 is 40.8 Å². The zero-order valence-electron chi connectivity index (χ0n) is 15.1. The molecule has 0 atom stereocenters. The number of para-hydroxylation sites is 1. The predicted octanol–water partition coefficient (Wildman–Crippen LogP) is 3.06. The summed E-state index contributed by atoms with van der Waals surface area (Å²) in [7, 11) is 0. The summed E-state index contributed by atoms with van der Waals surface area (Å²) in [6.45, 7) is 3.42. The van der Waals surface area contributed by atoms with Gasteiger partial charge in [0.1, 0.15) is 6.54 Å². The number of thiazole rings is 1. The molecular formula is C20H21N3O3S. The lowest BCUT2D eigenvalue weighted by atomic mass is 10.0. The molecule has 2 aliphatic rings. The zero-order chi connectivity index (χ0) is 19.0. The van der Waals surface area contributed by atoms with Crippen LogP contribution in [0.15, 0.2) is 28.0 Å². The Kier molecular flexibility index (Phi) is 4.70. The van der Waals surface area contributed by atoms with Gasteiger partial charge in [-0.3, -0.25) is 19.1 Å². The van der Waals surface area contributed by atoms with Gasteiger partial charge >= 0.3 is 4.87 Å². The molecule has 1 amide bonds. The van der Waals surface area contributed by atoms with Crippen LogP contribution in [0.3, 0.4) is 0 Å². The number of nitrogens with zero attached hydrogens (tertiary/aromatic N) is 3. The van der Waals surface area contributed by atoms with Crippen molar-refractivity contribution in [2.75, 3.05) is 13.1 Å². The van der Waals surface area contributed by atoms with Gasteiger partial charge in [-0.05, 0) is 30.9 Å². The molecule has 0 aliphatic carbocycles. The Morgan fingerprint density at radius 3 is 2.85 bits per heavy atom. The largest absolute Gasteiger partial charge is 0.493 e. The van der Waals surface area contributed by atoms with E-state index in [2.05, 4.69) is 18.0 Å². The highest BCUT2D eigenvalue weighted by Crippen LogP contribution is 2.37. The van der Waals surface area contributed by atoms with E-state index >= 15 is 0 Å². The minimum absolute atomic E-state index is 0.116. The van der Waals surface area contributed by atoms with Crippen LogP contribution < -0.4 is 4.87 Å².